The molecule has 2 nitrogen and oxygen atoms in total. The van der Waals surface area contributed by atoms with Crippen molar-refractivity contribution in [3.8, 4) is 0 Å². The van der Waals surface area contributed by atoms with E-state index in [1.807, 2.05) is 24.3 Å². The molecule has 1 fully saturated rings. The van der Waals surface area contributed by atoms with E-state index in [0.717, 1.165) is 25.0 Å². The smallest absolute Gasteiger partial charge is 0.139 e. The molecule has 0 saturated carbocycles. The van der Waals surface area contributed by atoms with Crippen LogP contribution in [0.5, 0.6) is 0 Å². The molecule has 3 heteroatoms. The van der Waals surface area contributed by atoms with Crippen LogP contribution in [0.4, 0.5) is 0 Å². The molecule has 0 N–H and O–H groups in total. The minimum absolute atomic E-state index is 0.177. The Bertz CT molecular complexity index is 353. The third-order valence-corrected chi connectivity index (χ3v) is 3.51. The Morgan fingerprint density at radius 3 is 2.75 bits per heavy atom. The largest absolute Gasteiger partial charge is 0.378 e. The van der Waals surface area contributed by atoms with Crippen molar-refractivity contribution >= 4 is 28.4 Å². The average Bonchev–Trinajstić information content (AvgIpc) is 2.74. The van der Waals surface area contributed by atoms with E-state index in [2.05, 4.69) is 22.6 Å². The summed E-state index contributed by atoms with van der Waals surface area (Å²) in [5.74, 6) is 0.285. The Labute approximate surface area is 110 Å². The number of ether oxygens (including phenoxy) is 1. The van der Waals surface area contributed by atoms with Gasteiger partial charge in [0.1, 0.15) is 5.78 Å². The number of hydrogen-bond acceptors (Lipinski definition) is 2. The van der Waals surface area contributed by atoms with Gasteiger partial charge in [0.15, 0.2) is 0 Å². The van der Waals surface area contributed by atoms with Crippen molar-refractivity contribution in [2.45, 2.75) is 31.8 Å². The molecular formula is C13H15IO2. The van der Waals surface area contributed by atoms with Crippen molar-refractivity contribution in [1.29, 1.82) is 0 Å². The predicted octanol–water partition coefficient (Wildman–Crippen LogP) is 2.97. The zero-order chi connectivity index (χ0) is 11.4. The predicted molar refractivity (Wildman–Crippen MR) is 71.5 cm³/mol. The molecule has 86 valence electrons. The van der Waals surface area contributed by atoms with Crippen molar-refractivity contribution in [2.24, 2.45) is 0 Å². The second-order valence-corrected chi connectivity index (χ2v) is 5.43. The molecule has 1 saturated heterocycles. The van der Waals surface area contributed by atoms with Gasteiger partial charge in [-0.3, -0.25) is 4.79 Å². The molecule has 0 spiro atoms. The molecule has 16 heavy (non-hydrogen) atoms. The zero-order valence-corrected chi connectivity index (χ0v) is 11.3. The van der Waals surface area contributed by atoms with Gasteiger partial charge in [-0.15, -0.1) is 0 Å². The maximum absolute atomic E-state index is 11.8. The third kappa shape index (κ3) is 3.56. The molecule has 0 amide bonds. The summed E-state index contributed by atoms with van der Waals surface area (Å²) in [6, 6.07) is 8.12. The van der Waals surface area contributed by atoms with Crippen LogP contribution in [0.25, 0.3) is 0 Å². The first-order valence-corrected chi connectivity index (χ1v) is 6.69. The van der Waals surface area contributed by atoms with Crippen LogP contribution in [-0.4, -0.2) is 18.5 Å². The Hall–Kier alpha value is -0.420. The fourth-order valence-corrected chi connectivity index (χ4v) is 2.32. The standard InChI is InChI=1S/C13H15IO2/c14-11-5-3-10(4-6-11)8-12(15)9-13-2-1-7-16-13/h3-6,13H,1-2,7-9H2. The summed E-state index contributed by atoms with van der Waals surface area (Å²) in [5, 5.41) is 0. The Morgan fingerprint density at radius 1 is 1.38 bits per heavy atom. The van der Waals surface area contributed by atoms with Gasteiger partial charge >= 0.3 is 0 Å². The molecule has 1 aromatic carbocycles. The molecule has 0 aliphatic carbocycles. The number of Topliss-reactive ketones (excluding diaryl/α,β-unsaturated/α-hetero) is 1. The number of halogens is 1. The van der Waals surface area contributed by atoms with E-state index < -0.39 is 0 Å². The van der Waals surface area contributed by atoms with Crippen LogP contribution in [0.15, 0.2) is 24.3 Å². The van der Waals surface area contributed by atoms with Crippen molar-refractivity contribution in [1.82, 2.24) is 0 Å². The van der Waals surface area contributed by atoms with E-state index in [1.165, 1.54) is 3.57 Å². The van der Waals surface area contributed by atoms with E-state index in [0.29, 0.717) is 12.8 Å². The molecule has 0 radical (unpaired) electrons. The number of hydrogen-bond donors (Lipinski definition) is 0. The first kappa shape index (κ1) is 12.0. The summed E-state index contributed by atoms with van der Waals surface area (Å²) in [6.45, 7) is 0.821. The highest BCUT2D eigenvalue weighted by Crippen LogP contribution is 2.17. The summed E-state index contributed by atoms with van der Waals surface area (Å²) in [7, 11) is 0. The number of rotatable bonds is 4. The molecule has 0 aromatic heterocycles. The molecule has 2 rings (SSSR count). The number of carbonyl (C=O) groups is 1. The maximum Gasteiger partial charge on any atom is 0.139 e. The number of benzene rings is 1. The summed E-state index contributed by atoms with van der Waals surface area (Å²) in [6.07, 6.45) is 3.43. The van der Waals surface area contributed by atoms with Gasteiger partial charge in [-0.25, -0.2) is 0 Å². The molecule has 1 atom stereocenters. The highest BCUT2D eigenvalue weighted by atomic mass is 127. The van der Waals surface area contributed by atoms with Crippen LogP contribution < -0.4 is 0 Å². The second kappa shape index (κ2) is 5.77. The molecule has 1 heterocycles. The van der Waals surface area contributed by atoms with Crippen LogP contribution in [0.1, 0.15) is 24.8 Å². The van der Waals surface area contributed by atoms with Crippen LogP contribution in [0.3, 0.4) is 0 Å². The van der Waals surface area contributed by atoms with Crippen molar-refractivity contribution in [2.75, 3.05) is 6.61 Å². The molecule has 0 bridgehead atoms. The molecule has 1 aliphatic rings. The van der Waals surface area contributed by atoms with Gasteiger partial charge < -0.3 is 4.74 Å². The molecule has 1 unspecified atom stereocenters. The fraction of sp³-hybridized carbons (Fsp3) is 0.462. The molecule has 1 aromatic rings. The van der Waals surface area contributed by atoms with Crippen LogP contribution in [-0.2, 0) is 16.0 Å². The van der Waals surface area contributed by atoms with Gasteiger partial charge in [0.25, 0.3) is 0 Å². The molecule has 1 aliphatic heterocycles. The van der Waals surface area contributed by atoms with Crippen LogP contribution >= 0.6 is 22.6 Å². The molecular weight excluding hydrogens is 315 g/mol. The van der Waals surface area contributed by atoms with E-state index >= 15 is 0 Å². The summed E-state index contributed by atoms with van der Waals surface area (Å²) in [5.41, 5.74) is 1.10. The number of carbonyl (C=O) groups excluding carboxylic acids is 1. The lowest BCUT2D eigenvalue weighted by Crippen LogP contribution is -2.14. The maximum atomic E-state index is 11.8. The lowest BCUT2D eigenvalue weighted by atomic mass is 10.0. The van der Waals surface area contributed by atoms with Gasteiger partial charge in [-0.05, 0) is 53.1 Å². The fourth-order valence-electron chi connectivity index (χ4n) is 1.96. The van der Waals surface area contributed by atoms with Gasteiger partial charge in [0, 0.05) is 23.0 Å². The summed E-state index contributed by atoms with van der Waals surface area (Å²) < 4.78 is 6.66. The highest BCUT2D eigenvalue weighted by Gasteiger charge is 2.18. The van der Waals surface area contributed by atoms with Crippen molar-refractivity contribution in [3.05, 3.63) is 33.4 Å². The van der Waals surface area contributed by atoms with Gasteiger partial charge in [0.2, 0.25) is 0 Å². The highest BCUT2D eigenvalue weighted by molar-refractivity contribution is 14.1. The first-order chi connectivity index (χ1) is 7.74. The first-order valence-electron chi connectivity index (χ1n) is 5.62. The lowest BCUT2D eigenvalue weighted by molar-refractivity contribution is -0.120. The normalized spacial score (nSPS) is 19.9. The Morgan fingerprint density at radius 2 is 2.12 bits per heavy atom. The lowest BCUT2D eigenvalue weighted by Gasteiger charge is -2.07. The minimum atomic E-state index is 0.177. The van der Waals surface area contributed by atoms with E-state index in [1.54, 1.807) is 0 Å². The SMILES string of the molecule is O=C(Cc1ccc(I)cc1)CC1CCCO1. The van der Waals surface area contributed by atoms with Crippen LogP contribution in [0.2, 0.25) is 0 Å². The third-order valence-electron chi connectivity index (χ3n) is 2.79. The quantitative estimate of drug-likeness (QED) is 0.794. The second-order valence-electron chi connectivity index (χ2n) is 4.18. The zero-order valence-electron chi connectivity index (χ0n) is 9.12. The van der Waals surface area contributed by atoms with Crippen molar-refractivity contribution in [3.63, 3.8) is 0 Å². The summed E-state index contributed by atoms with van der Waals surface area (Å²) >= 11 is 2.27. The van der Waals surface area contributed by atoms with Gasteiger partial charge in [0.05, 0.1) is 6.10 Å². The van der Waals surface area contributed by atoms with Gasteiger partial charge in [-0.2, -0.15) is 0 Å². The van der Waals surface area contributed by atoms with E-state index in [4.69, 9.17) is 4.74 Å². The number of ketones is 1. The Kier molecular flexibility index (Phi) is 4.35. The topological polar surface area (TPSA) is 26.3 Å². The van der Waals surface area contributed by atoms with Gasteiger partial charge in [-0.1, -0.05) is 12.1 Å². The van der Waals surface area contributed by atoms with E-state index in [9.17, 15) is 4.79 Å². The van der Waals surface area contributed by atoms with Crippen LogP contribution in [0, 0.1) is 3.57 Å². The van der Waals surface area contributed by atoms with Crippen molar-refractivity contribution < 1.29 is 9.53 Å². The Balaban J connectivity index is 1.84. The average molecular weight is 330 g/mol. The minimum Gasteiger partial charge on any atom is -0.378 e. The van der Waals surface area contributed by atoms with E-state index in [-0.39, 0.29) is 11.9 Å². The monoisotopic (exact) mass is 330 g/mol. The summed E-state index contributed by atoms with van der Waals surface area (Å²) in [4.78, 5) is 11.8.